The smallest absolute Gasteiger partial charge is 0.111 e. The van der Waals surface area contributed by atoms with Gasteiger partial charge in [-0.1, -0.05) is 32.8 Å². The summed E-state index contributed by atoms with van der Waals surface area (Å²) in [5.74, 6) is 0.307. The highest BCUT2D eigenvalue weighted by molar-refractivity contribution is 5.05. The van der Waals surface area contributed by atoms with Gasteiger partial charge in [0.1, 0.15) is 5.76 Å². The number of aliphatic hydroxyl groups excluding tert-OH is 1. The molecule has 11 heavy (non-hydrogen) atoms. The number of aliphatic hydroxyl groups is 1. The van der Waals surface area contributed by atoms with Crippen molar-refractivity contribution >= 4 is 0 Å². The molecule has 0 amide bonds. The van der Waals surface area contributed by atoms with Crippen molar-refractivity contribution in [2.45, 2.75) is 39.0 Å². The summed E-state index contributed by atoms with van der Waals surface area (Å²) < 4.78 is 0. The summed E-state index contributed by atoms with van der Waals surface area (Å²) in [4.78, 5) is 0. The zero-order valence-corrected chi connectivity index (χ0v) is 7.34. The molecular weight excluding hydrogens is 136 g/mol. The van der Waals surface area contributed by atoms with Crippen LogP contribution in [0, 0.1) is 0 Å². The Labute approximate surface area is 69.4 Å². The Hall–Kier alpha value is -0.720. The van der Waals surface area contributed by atoms with E-state index in [1.54, 1.807) is 0 Å². The molecule has 0 aromatic heterocycles. The topological polar surface area (TPSA) is 20.2 Å². The molecule has 0 atom stereocenters. The Kier molecular flexibility index (Phi) is 6.90. The van der Waals surface area contributed by atoms with Gasteiger partial charge in [0.2, 0.25) is 0 Å². The van der Waals surface area contributed by atoms with E-state index in [0.29, 0.717) is 5.76 Å². The van der Waals surface area contributed by atoms with Gasteiger partial charge in [0, 0.05) is 0 Å². The van der Waals surface area contributed by atoms with Crippen molar-refractivity contribution < 1.29 is 5.11 Å². The lowest BCUT2D eigenvalue weighted by Gasteiger charge is -1.94. The summed E-state index contributed by atoms with van der Waals surface area (Å²) in [7, 11) is 0. The van der Waals surface area contributed by atoms with Crippen LogP contribution in [0.25, 0.3) is 0 Å². The fourth-order valence-corrected chi connectivity index (χ4v) is 0.904. The molecule has 1 nitrogen and oxygen atoms in total. The van der Waals surface area contributed by atoms with E-state index in [1.165, 1.54) is 31.8 Å². The van der Waals surface area contributed by atoms with Crippen molar-refractivity contribution in [3.63, 3.8) is 0 Å². The fraction of sp³-hybridized carbons (Fsp3) is 0.600. The van der Waals surface area contributed by atoms with Crippen molar-refractivity contribution in [3.05, 3.63) is 24.5 Å². The molecule has 0 aliphatic carbocycles. The van der Waals surface area contributed by atoms with Crippen molar-refractivity contribution in [1.29, 1.82) is 0 Å². The molecule has 0 fully saturated rings. The molecule has 0 aromatic carbocycles. The van der Waals surface area contributed by atoms with Gasteiger partial charge in [0.05, 0.1) is 0 Å². The lowest BCUT2D eigenvalue weighted by Crippen LogP contribution is -1.76. The molecule has 0 saturated heterocycles. The third-order valence-electron chi connectivity index (χ3n) is 1.62. The summed E-state index contributed by atoms with van der Waals surface area (Å²) in [5.41, 5.74) is 0. The largest absolute Gasteiger partial charge is 0.508 e. The second-order valence-corrected chi connectivity index (χ2v) is 2.68. The van der Waals surface area contributed by atoms with E-state index in [-0.39, 0.29) is 0 Å². The molecule has 0 saturated carbocycles. The summed E-state index contributed by atoms with van der Waals surface area (Å²) in [6.45, 7) is 5.65. The Morgan fingerprint density at radius 2 is 2.09 bits per heavy atom. The van der Waals surface area contributed by atoms with Gasteiger partial charge in [-0.2, -0.15) is 0 Å². The third kappa shape index (κ3) is 7.17. The van der Waals surface area contributed by atoms with Crippen LogP contribution in [0.5, 0.6) is 0 Å². The zero-order chi connectivity index (χ0) is 8.53. The van der Waals surface area contributed by atoms with E-state index in [0.717, 1.165) is 6.42 Å². The van der Waals surface area contributed by atoms with Crippen LogP contribution in [0.15, 0.2) is 24.5 Å². The van der Waals surface area contributed by atoms with Gasteiger partial charge in [-0.3, -0.25) is 0 Å². The van der Waals surface area contributed by atoms with Crippen LogP contribution < -0.4 is 0 Å². The number of rotatable bonds is 6. The van der Waals surface area contributed by atoms with Crippen LogP contribution in [0.3, 0.4) is 0 Å². The molecule has 0 spiro atoms. The molecule has 0 radical (unpaired) electrons. The Morgan fingerprint density at radius 1 is 1.36 bits per heavy atom. The molecule has 0 unspecified atom stereocenters. The quantitative estimate of drug-likeness (QED) is 0.352. The first-order valence-electron chi connectivity index (χ1n) is 4.32. The van der Waals surface area contributed by atoms with E-state index >= 15 is 0 Å². The zero-order valence-electron chi connectivity index (χ0n) is 7.34. The van der Waals surface area contributed by atoms with Gasteiger partial charge in [-0.15, -0.1) is 0 Å². The van der Waals surface area contributed by atoms with Crippen LogP contribution in [0.1, 0.15) is 39.0 Å². The van der Waals surface area contributed by atoms with Crippen LogP contribution in [0.4, 0.5) is 0 Å². The minimum atomic E-state index is 0.307. The first-order chi connectivity index (χ1) is 5.31. The minimum absolute atomic E-state index is 0.307. The Morgan fingerprint density at radius 3 is 2.64 bits per heavy atom. The standard InChI is InChI=1S/C10H18O/c1-3-5-6-7-8-9-10(11)4-2/h4,9,11H,2-3,5-8H2,1H3. The molecule has 0 heterocycles. The molecular formula is C10H18O. The molecule has 0 bridgehead atoms. The Balaban J connectivity index is 3.19. The van der Waals surface area contributed by atoms with E-state index < -0.39 is 0 Å². The second-order valence-electron chi connectivity index (χ2n) is 2.68. The lowest BCUT2D eigenvalue weighted by molar-refractivity contribution is 0.429. The third-order valence-corrected chi connectivity index (χ3v) is 1.62. The van der Waals surface area contributed by atoms with Gasteiger partial charge < -0.3 is 5.11 Å². The molecule has 1 N–H and O–H groups in total. The highest BCUT2D eigenvalue weighted by Crippen LogP contribution is 2.04. The monoisotopic (exact) mass is 154 g/mol. The highest BCUT2D eigenvalue weighted by Gasteiger charge is 1.86. The molecule has 1 heteroatoms. The van der Waals surface area contributed by atoms with Crippen molar-refractivity contribution in [2.24, 2.45) is 0 Å². The van der Waals surface area contributed by atoms with Gasteiger partial charge in [0.15, 0.2) is 0 Å². The molecule has 0 aliphatic heterocycles. The van der Waals surface area contributed by atoms with E-state index in [2.05, 4.69) is 13.5 Å². The maximum absolute atomic E-state index is 8.96. The van der Waals surface area contributed by atoms with Gasteiger partial charge in [-0.05, 0) is 25.0 Å². The minimum Gasteiger partial charge on any atom is -0.508 e. The average Bonchev–Trinajstić information content (AvgIpc) is 2.04. The van der Waals surface area contributed by atoms with Crippen molar-refractivity contribution in [1.82, 2.24) is 0 Å². The molecule has 64 valence electrons. The predicted molar refractivity (Wildman–Crippen MR) is 49.7 cm³/mol. The maximum atomic E-state index is 8.96. The second kappa shape index (κ2) is 7.39. The molecule has 0 aliphatic rings. The van der Waals surface area contributed by atoms with E-state index in [1.807, 2.05) is 6.08 Å². The SMILES string of the molecule is C=CC(O)=CCCCCCC. The average molecular weight is 154 g/mol. The van der Waals surface area contributed by atoms with Crippen LogP contribution >= 0.6 is 0 Å². The summed E-state index contributed by atoms with van der Waals surface area (Å²) in [6.07, 6.45) is 9.25. The number of hydrogen-bond donors (Lipinski definition) is 1. The van der Waals surface area contributed by atoms with E-state index in [4.69, 9.17) is 5.11 Å². The first kappa shape index (κ1) is 10.3. The normalized spacial score (nSPS) is 11.5. The molecule has 0 aromatic rings. The number of hydrogen-bond acceptors (Lipinski definition) is 1. The predicted octanol–water partition coefficient (Wildman–Crippen LogP) is 3.58. The Bertz CT molecular complexity index is 125. The summed E-state index contributed by atoms with van der Waals surface area (Å²) in [6, 6.07) is 0. The van der Waals surface area contributed by atoms with Gasteiger partial charge in [-0.25, -0.2) is 0 Å². The van der Waals surface area contributed by atoms with Crippen LogP contribution in [-0.4, -0.2) is 5.11 Å². The first-order valence-corrected chi connectivity index (χ1v) is 4.32. The van der Waals surface area contributed by atoms with Gasteiger partial charge >= 0.3 is 0 Å². The van der Waals surface area contributed by atoms with Gasteiger partial charge in [0.25, 0.3) is 0 Å². The maximum Gasteiger partial charge on any atom is 0.111 e. The summed E-state index contributed by atoms with van der Waals surface area (Å²) in [5, 5.41) is 8.96. The van der Waals surface area contributed by atoms with Crippen molar-refractivity contribution in [2.75, 3.05) is 0 Å². The van der Waals surface area contributed by atoms with Crippen LogP contribution in [-0.2, 0) is 0 Å². The lowest BCUT2D eigenvalue weighted by atomic mass is 10.1. The van der Waals surface area contributed by atoms with Crippen molar-refractivity contribution in [3.8, 4) is 0 Å². The molecule has 0 rings (SSSR count). The summed E-state index contributed by atoms with van der Waals surface area (Å²) >= 11 is 0. The number of allylic oxidation sites excluding steroid dienone is 2. The fourth-order valence-electron chi connectivity index (χ4n) is 0.904. The number of unbranched alkanes of at least 4 members (excludes halogenated alkanes) is 4. The highest BCUT2D eigenvalue weighted by atomic mass is 16.3. The van der Waals surface area contributed by atoms with Crippen LogP contribution in [0.2, 0.25) is 0 Å². The van der Waals surface area contributed by atoms with E-state index in [9.17, 15) is 0 Å².